The molecule has 0 saturated carbocycles. The van der Waals surface area contributed by atoms with Crippen molar-refractivity contribution in [2.24, 2.45) is 5.41 Å². The highest BCUT2D eigenvalue weighted by atomic mass is 16.2. The lowest BCUT2D eigenvalue weighted by atomic mass is 9.81. The topological polar surface area (TPSA) is 70.2 Å². The Morgan fingerprint density at radius 2 is 1.78 bits per heavy atom. The van der Waals surface area contributed by atoms with Crippen LogP contribution in [-0.4, -0.2) is 31.4 Å². The predicted octanol–water partition coefficient (Wildman–Crippen LogP) is 3.37. The number of amides is 2. The molecule has 142 valence electrons. The number of nitrogens with one attached hydrogen (secondary N) is 3. The van der Waals surface area contributed by atoms with E-state index >= 15 is 0 Å². The largest absolute Gasteiger partial charge is 0.351 e. The molecule has 0 aromatic heterocycles. The first-order valence-electron chi connectivity index (χ1n) is 9.43. The first-order chi connectivity index (χ1) is 13.0. The van der Waals surface area contributed by atoms with E-state index in [0.29, 0.717) is 23.4 Å². The molecular weight excluding hydrogens is 338 g/mol. The summed E-state index contributed by atoms with van der Waals surface area (Å²) >= 11 is 0. The van der Waals surface area contributed by atoms with Crippen LogP contribution in [0, 0.1) is 12.3 Å². The van der Waals surface area contributed by atoms with Gasteiger partial charge in [-0.3, -0.25) is 9.59 Å². The standard InChI is InChI=1S/C22H27N3O2/c1-16-6-5-7-17(14-16)20(26)25-19-9-4-3-8-18(19)21(27)24-15-22(2)10-12-23-13-11-22/h3-9,14,23H,10-13,15H2,1-2H3,(H,24,27)(H,25,26). The highest BCUT2D eigenvalue weighted by molar-refractivity contribution is 6.09. The van der Waals surface area contributed by atoms with Gasteiger partial charge in [-0.25, -0.2) is 0 Å². The number of hydrogen-bond acceptors (Lipinski definition) is 3. The summed E-state index contributed by atoms with van der Waals surface area (Å²) in [5.41, 5.74) is 2.71. The molecule has 0 unspecified atom stereocenters. The molecule has 1 fully saturated rings. The van der Waals surface area contributed by atoms with Crippen molar-refractivity contribution in [3.05, 3.63) is 65.2 Å². The first-order valence-corrected chi connectivity index (χ1v) is 9.43. The summed E-state index contributed by atoms with van der Waals surface area (Å²) < 4.78 is 0. The van der Waals surface area contributed by atoms with E-state index in [4.69, 9.17) is 0 Å². The first kappa shape index (κ1) is 19.1. The van der Waals surface area contributed by atoms with Crippen molar-refractivity contribution >= 4 is 17.5 Å². The van der Waals surface area contributed by atoms with Crippen LogP contribution in [0.4, 0.5) is 5.69 Å². The van der Waals surface area contributed by atoms with E-state index in [1.165, 1.54) is 0 Å². The molecule has 0 bridgehead atoms. The van der Waals surface area contributed by atoms with Crippen LogP contribution in [0.15, 0.2) is 48.5 Å². The van der Waals surface area contributed by atoms with E-state index in [-0.39, 0.29) is 17.2 Å². The number of carbonyl (C=O) groups is 2. The molecule has 0 spiro atoms. The Morgan fingerprint density at radius 1 is 1.04 bits per heavy atom. The van der Waals surface area contributed by atoms with E-state index in [1.54, 1.807) is 18.2 Å². The number of benzene rings is 2. The summed E-state index contributed by atoms with van der Waals surface area (Å²) in [6.45, 7) is 6.75. The Bertz CT molecular complexity index is 826. The van der Waals surface area contributed by atoms with E-state index in [0.717, 1.165) is 31.5 Å². The molecule has 5 heteroatoms. The molecule has 3 rings (SSSR count). The van der Waals surface area contributed by atoms with Gasteiger partial charge in [-0.2, -0.15) is 0 Å². The Kier molecular flexibility index (Phi) is 5.91. The van der Waals surface area contributed by atoms with E-state index in [1.807, 2.05) is 37.3 Å². The summed E-state index contributed by atoms with van der Waals surface area (Å²) in [6.07, 6.45) is 2.08. The Hall–Kier alpha value is -2.66. The summed E-state index contributed by atoms with van der Waals surface area (Å²) in [7, 11) is 0. The van der Waals surface area contributed by atoms with Crippen LogP contribution in [0.3, 0.4) is 0 Å². The smallest absolute Gasteiger partial charge is 0.255 e. The second-order valence-electron chi connectivity index (χ2n) is 7.61. The summed E-state index contributed by atoms with van der Waals surface area (Å²) in [5, 5.41) is 9.28. The fourth-order valence-corrected chi connectivity index (χ4v) is 3.37. The predicted molar refractivity (Wildman–Crippen MR) is 108 cm³/mol. The van der Waals surface area contributed by atoms with Gasteiger partial charge in [-0.05, 0) is 62.5 Å². The van der Waals surface area contributed by atoms with E-state index in [9.17, 15) is 9.59 Å². The molecule has 3 N–H and O–H groups in total. The summed E-state index contributed by atoms with van der Waals surface area (Å²) in [5.74, 6) is -0.376. The number of carbonyl (C=O) groups excluding carboxylic acids is 2. The Labute approximate surface area is 160 Å². The number of anilines is 1. The number of piperidine rings is 1. The average molecular weight is 365 g/mol. The molecule has 0 atom stereocenters. The van der Waals surface area contributed by atoms with Crippen LogP contribution in [0.2, 0.25) is 0 Å². The van der Waals surface area contributed by atoms with Gasteiger partial charge in [0.1, 0.15) is 0 Å². The van der Waals surface area contributed by atoms with Gasteiger partial charge in [0, 0.05) is 12.1 Å². The molecule has 1 aliphatic rings. The van der Waals surface area contributed by atoms with Gasteiger partial charge in [-0.15, -0.1) is 0 Å². The minimum atomic E-state index is -0.218. The van der Waals surface area contributed by atoms with Crippen molar-refractivity contribution in [2.45, 2.75) is 26.7 Å². The minimum absolute atomic E-state index is 0.112. The quantitative estimate of drug-likeness (QED) is 0.761. The zero-order valence-corrected chi connectivity index (χ0v) is 16.0. The van der Waals surface area contributed by atoms with Gasteiger partial charge < -0.3 is 16.0 Å². The monoisotopic (exact) mass is 365 g/mol. The molecule has 2 aromatic carbocycles. The summed E-state index contributed by atoms with van der Waals surface area (Å²) in [6, 6.07) is 14.5. The molecule has 27 heavy (non-hydrogen) atoms. The third-order valence-corrected chi connectivity index (χ3v) is 5.19. The van der Waals surface area contributed by atoms with Gasteiger partial charge >= 0.3 is 0 Å². The molecule has 2 amide bonds. The summed E-state index contributed by atoms with van der Waals surface area (Å²) in [4.78, 5) is 25.3. The zero-order valence-electron chi connectivity index (χ0n) is 16.0. The third kappa shape index (κ3) is 4.95. The molecule has 1 heterocycles. The van der Waals surface area contributed by atoms with Gasteiger partial charge in [0.15, 0.2) is 0 Å². The van der Waals surface area contributed by atoms with Crippen molar-refractivity contribution in [3.63, 3.8) is 0 Å². The van der Waals surface area contributed by atoms with Crippen LogP contribution >= 0.6 is 0 Å². The maximum absolute atomic E-state index is 12.7. The molecule has 0 aliphatic carbocycles. The lowest BCUT2D eigenvalue weighted by Crippen LogP contribution is -2.43. The second-order valence-corrected chi connectivity index (χ2v) is 7.61. The fraction of sp³-hybridized carbons (Fsp3) is 0.364. The Morgan fingerprint density at radius 3 is 2.52 bits per heavy atom. The molecule has 1 saturated heterocycles. The maximum atomic E-state index is 12.7. The van der Waals surface area contributed by atoms with Gasteiger partial charge in [0.2, 0.25) is 0 Å². The Balaban J connectivity index is 1.69. The normalized spacial score (nSPS) is 15.8. The SMILES string of the molecule is Cc1cccc(C(=O)Nc2ccccc2C(=O)NCC2(C)CCNCC2)c1. The lowest BCUT2D eigenvalue weighted by Gasteiger charge is -2.34. The van der Waals surface area contributed by atoms with Gasteiger partial charge in [-0.1, -0.05) is 36.8 Å². The van der Waals surface area contributed by atoms with E-state index in [2.05, 4.69) is 22.9 Å². The van der Waals surface area contributed by atoms with Gasteiger partial charge in [0.25, 0.3) is 11.8 Å². The number of hydrogen-bond donors (Lipinski definition) is 3. The zero-order chi connectivity index (χ0) is 19.3. The van der Waals surface area contributed by atoms with Crippen molar-refractivity contribution in [1.82, 2.24) is 10.6 Å². The second kappa shape index (κ2) is 8.35. The van der Waals surface area contributed by atoms with Crippen LogP contribution in [0.25, 0.3) is 0 Å². The molecule has 1 aliphatic heterocycles. The highest BCUT2D eigenvalue weighted by Gasteiger charge is 2.27. The highest BCUT2D eigenvalue weighted by Crippen LogP contribution is 2.27. The third-order valence-electron chi connectivity index (χ3n) is 5.19. The van der Waals surface area contributed by atoms with E-state index < -0.39 is 0 Å². The average Bonchev–Trinajstić information content (AvgIpc) is 2.67. The lowest BCUT2D eigenvalue weighted by molar-refractivity contribution is 0.0923. The van der Waals surface area contributed by atoms with Crippen LogP contribution in [0.1, 0.15) is 46.0 Å². The minimum Gasteiger partial charge on any atom is -0.351 e. The molecular formula is C22H27N3O2. The fourth-order valence-electron chi connectivity index (χ4n) is 3.37. The van der Waals surface area contributed by atoms with Crippen molar-refractivity contribution in [1.29, 1.82) is 0 Å². The number of aryl methyl sites for hydroxylation is 1. The molecule has 2 aromatic rings. The van der Waals surface area contributed by atoms with Crippen LogP contribution < -0.4 is 16.0 Å². The van der Waals surface area contributed by atoms with Crippen LogP contribution in [0.5, 0.6) is 0 Å². The van der Waals surface area contributed by atoms with Crippen molar-refractivity contribution in [3.8, 4) is 0 Å². The number of para-hydroxylation sites is 1. The maximum Gasteiger partial charge on any atom is 0.255 e. The molecule has 0 radical (unpaired) electrons. The van der Waals surface area contributed by atoms with Crippen molar-refractivity contribution < 1.29 is 9.59 Å². The van der Waals surface area contributed by atoms with Crippen LogP contribution in [-0.2, 0) is 0 Å². The number of rotatable bonds is 5. The van der Waals surface area contributed by atoms with Crippen molar-refractivity contribution in [2.75, 3.05) is 25.0 Å². The molecule has 5 nitrogen and oxygen atoms in total. The van der Waals surface area contributed by atoms with Gasteiger partial charge in [0.05, 0.1) is 11.3 Å².